The van der Waals surface area contributed by atoms with E-state index in [0.717, 1.165) is 5.56 Å². The summed E-state index contributed by atoms with van der Waals surface area (Å²) in [5.41, 5.74) is 2.58. The van der Waals surface area contributed by atoms with Crippen molar-refractivity contribution in [2.45, 2.75) is 37.5 Å². The SMILES string of the molecule is Cc1cc(C)c(S(=O)(=O)c2cc(C)c(C)c(O)c2)c(O)c1. The predicted octanol–water partition coefficient (Wildman–Crippen LogP) is 3.16. The number of aromatic hydroxyl groups is 2. The van der Waals surface area contributed by atoms with Crippen molar-refractivity contribution in [3.05, 3.63) is 46.5 Å². The van der Waals surface area contributed by atoms with Gasteiger partial charge in [-0.2, -0.15) is 0 Å². The summed E-state index contributed by atoms with van der Waals surface area (Å²) in [6, 6.07) is 5.84. The highest BCUT2D eigenvalue weighted by Gasteiger charge is 2.25. The zero-order valence-corrected chi connectivity index (χ0v) is 13.2. The van der Waals surface area contributed by atoms with Crippen LogP contribution in [0.5, 0.6) is 11.5 Å². The molecule has 21 heavy (non-hydrogen) atoms. The van der Waals surface area contributed by atoms with Crippen molar-refractivity contribution < 1.29 is 18.6 Å². The molecule has 0 aromatic heterocycles. The number of hydrogen-bond donors (Lipinski definition) is 2. The van der Waals surface area contributed by atoms with Crippen molar-refractivity contribution in [1.29, 1.82) is 0 Å². The van der Waals surface area contributed by atoms with Gasteiger partial charge in [0.1, 0.15) is 16.4 Å². The lowest BCUT2D eigenvalue weighted by Crippen LogP contribution is -2.06. The molecule has 0 bridgehead atoms. The van der Waals surface area contributed by atoms with Gasteiger partial charge >= 0.3 is 0 Å². The average molecular weight is 306 g/mol. The third kappa shape index (κ3) is 2.61. The number of benzene rings is 2. The van der Waals surface area contributed by atoms with E-state index in [9.17, 15) is 18.6 Å². The zero-order valence-electron chi connectivity index (χ0n) is 12.4. The maximum atomic E-state index is 12.7. The largest absolute Gasteiger partial charge is 0.508 e. The first-order chi connectivity index (χ1) is 9.64. The van der Waals surface area contributed by atoms with E-state index in [4.69, 9.17) is 0 Å². The smallest absolute Gasteiger partial charge is 0.210 e. The number of sulfone groups is 1. The number of hydrogen-bond acceptors (Lipinski definition) is 4. The van der Waals surface area contributed by atoms with Crippen LogP contribution in [-0.4, -0.2) is 18.6 Å². The molecule has 0 saturated heterocycles. The van der Waals surface area contributed by atoms with E-state index >= 15 is 0 Å². The molecule has 0 amide bonds. The molecule has 5 heteroatoms. The first-order valence-electron chi connectivity index (χ1n) is 6.50. The van der Waals surface area contributed by atoms with Crippen LogP contribution in [0.4, 0.5) is 0 Å². The third-order valence-electron chi connectivity index (χ3n) is 3.59. The molecule has 0 unspecified atom stereocenters. The van der Waals surface area contributed by atoms with Gasteiger partial charge in [0, 0.05) is 0 Å². The number of rotatable bonds is 2. The molecule has 2 aromatic rings. The third-order valence-corrected chi connectivity index (χ3v) is 5.52. The number of phenolic OH excluding ortho intramolecular Hbond substituents is 2. The minimum Gasteiger partial charge on any atom is -0.508 e. The summed E-state index contributed by atoms with van der Waals surface area (Å²) < 4.78 is 25.5. The minimum absolute atomic E-state index is 0.0228. The van der Waals surface area contributed by atoms with Gasteiger partial charge in [0.15, 0.2) is 0 Å². The first kappa shape index (κ1) is 15.4. The highest BCUT2D eigenvalue weighted by Crippen LogP contribution is 2.35. The van der Waals surface area contributed by atoms with Crippen molar-refractivity contribution in [2.75, 3.05) is 0 Å². The lowest BCUT2D eigenvalue weighted by molar-refractivity contribution is 0.456. The van der Waals surface area contributed by atoms with Gasteiger partial charge in [0.05, 0.1) is 4.90 Å². The zero-order chi connectivity index (χ0) is 15.9. The summed E-state index contributed by atoms with van der Waals surface area (Å²) in [4.78, 5) is -0.138. The lowest BCUT2D eigenvalue weighted by Gasteiger charge is -2.13. The van der Waals surface area contributed by atoms with Crippen LogP contribution in [0.15, 0.2) is 34.1 Å². The summed E-state index contributed by atoms with van der Waals surface area (Å²) in [5, 5.41) is 19.9. The summed E-state index contributed by atoms with van der Waals surface area (Å²) in [7, 11) is -3.89. The molecule has 0 heterocycles. The van der Waals surface area contributed by atoms with E-state index in [2.05, 4.69) is 0 Å². The Morgan fingerprint density at radius 3 is 1.95 bits per heavy atom. The maximum Gasteiger partial charge on any atom is 0.210 e. The molecule has 0 aliphatic heterocycles. The van der Waals surface area contributed by atoms with Gasteiger partial charge in [-0.1, -0.05) is 6.07 Å². The van der Waals surface area contributed by atoms with E-state index in [1.807, 2.05) is 0 Å². The Hall–Kier alpha value is -2.01. The van der Waals surface area contributed by atoms with E-state index in [1.54, 1.807) is 33.8 Å². The van der Waals surface area contributed by atoms with Crippen molar-refractivity contribution in [3.8, 4) is 11.5 Å². The highest BCUT2D eigenvalue weighted by molar-refractivity contribution is 7.91. The molecule has 0 aliphatic carbocycles. The number of aryl methyl sites for hydroxylation is 3. The molecular formula is C16H18O4S. The predicted molar refractivity (Wildman–Crippen MR) is 80.6 cm³/mol. The Balaban J connectivity index is 2.75. The van der Waals surface area contributed by atoms with Crippen LogP contribution in [0.25, 0.3) is 0 Å². The molecule has 2 N–H and O–H groups in total. The topological polar surface area (TPSA) is 74.6 Å². The van der Waals surface area contributed by atoms with Crippen molar-refractivity contribution in [3.63, 3.8) is 0 Å². The van der Waals surface area contributed by atoms with Gasteiger partial charge in [-0.3, -0.25) is 0 Å². The molecular weight excluding hydrogens is 288 g/mol. The van der Waals surface area contributed by atoms with Crippen molar-refractivity contribution >= 4 is 9.84 Å². The molecule has 2 rings (SSSR count). The molecule has 0 spiro atoms. The van der Waals surface area contributed by atoms with Gasteiger partial charge in [-0.25, -0.2) is 8.42 Å². The molecule has 4 nitrogen and oxygen atoms in total. The Bertz CT molecular complexity index is 774. The molecule has 0 atom stereocenters. The summed E-state index contributed by atoms with van der Waals surface area (Å²) >= 11 is 0. The Morgan fingerprint density at radius 1 is 0.810 bits per heavy atom. The van der Waals surface area contributed by atoms with E-state index < -0.39 is 9.84 Å². The van der Waals surface area contributed by atoms with Crippen molar-refractivity contribution in [2.24, 2.45) is 0 Å². The average Bonchev–Trinajstić information content (AvgIpc) is 2.33. The van der Waals surface area contributed by atoms with Crippen LogP contribution in [0.2, 0.25) is 0 Å². The van der Waals surface area contributed by atoms with Crippen LogP contribution >= 0.6 is 0 Å². The van der Waals surface area contributed by atoms with E-state index in [1.165, 1.54) is 18.2 Å². The fraction of sp³-hybridized carbons (Fsp3) is 0.250. The van der Waals surface area contributed by atoms with Crippen LogP contribution in [0, 0.1) is 27.7 Å². The van der Waals surface area contributed by atoms with Gasteiger partial charge in [0.25, 0.3) is 0 Å². The fourth-order valence-corrected chi connectivity index (χ4v) is 4.01. The normalized spacial score (nSPS) is 11.6. The Labute approximate surface area is 124 Å². The van der Waals surface area contributed by atoms with Gasteiger partial charge in [-0.05, 0) is 68.1 Å². The second-order valence-corrected chi connectivity index (χ2v) is 7.20. The maximum absolute atomic E-state index is 12.7. The minimum atomic E-state index is -3.89. The van der Waals surface area contributed by atoms with Crippen molar-refractivity contribution in [1.82, 2.24) is 0 Å². The molecule has 0 radical (unpaired) electrons. The monoisotopic (exact) mass is 306 g/mol. The standard InChI is InChI=1S/C16H18O4S/c1-9-5-11(3)16(15(18)6-9)21(19,20)13-7-10(2)12(4)14(17)8-13/h5-8,17-18H,1-4H3. The quantitative estimate of drug-likeness (QED) is 0.893. The summed E-state index contributed by atoms with van der Waals surface area (Å²) in [6.07, 6.45) is 0. The molecule has 2 aromatic carbocycles. The fourth-order valence-electron chi connectivity index (χ4n) is 2.36. The summed E-state index contributed by atoms with van der Waals surface area (Å²) in [6.45, 7) is 6.87. The second kappa shape index (κ2) is 5.07. The number of phenols is 2. The van der Waals surface area contributed by atoms with E-state index in [0.29, 0.717) is 16.7 Å². The van der Waals surface area contributed by atoms with Crippen LogP contribution in [0.1, 0.15) is 22.3 Å². The molecule has 0 fully saturated rings. The van der Waals surface area contributed by atoms with Gasteiger partial charge in [-0.15, -0.1) is 0 Å². The molecule has 0 aliphatic rings. The van der Waals surface area contributed by atoms with Crippen LogP contribution < -0.4 is 0 Å². The Kier molecular flexibility index (Phi) is 3.72. The van der Waals surface area contributed by atoms with Crippen LogP contribution in [0.3, 0.4) is 0 Å². The van der Waals surface area contributed by atoms with Gasteiger partial charge < -0.3 is 10.2 Å². The molecule has 0 saturated carbocycles. The lowest BCUT2D eigenvalue weighted by atomic mass is 10.1. The summed E-state index contributed by atoms with van der Waals surface area (Å²) in [5.74, 6) is -0.344. The van der Waals surface area contributed by atoms with Crippen LogP contribution in [-0.2, 0) is 9.84 Å². The highest BCUT2D eigenvalue weighted by atomic mass is 32.2. The Morgan fingerprint density at radius 2 is 1.43 bits per heavy atom. The first-order valence-corrected chi connectivity index (χ1v) is 7.98. The van der Waals surface area contributed by atoms with Gasteiger partial charge in [0.2, 0.25) is 9.84 Å². The second-order valence-electron chi connectivity index (χ2n) is 5.32. The molecule has 112 valence electrons. The van der Waals surface area contributed by atoms with E-state index in [-0.39, 0.29) is 21.3 Å².